The average molecular weight is 248 g/mol. The molecular weight excluding hydrogens is 235 g/mol. The van der Waals surface area contributed by atoms with Crippen LogP contribution in [0.5, 0.6) is 0 Å². The summed E-state index contributed by atoms with van der Waals surface area (Å²) < 4.78 is 33.6. The van der Waals surface area contributed by atoms with E-state index in [-0.39, 0.29) is 63.4 Å². The van der Waals surface area contributed by atoms with Crippen molar-refractivity contribution >= 4 is 67.5 Å². The van der Waals surface area contributed by atoms with Crippen molar-refractivity contribution < 1.29 is 22.5 Å². The Kier molecular flexibility index (Phi) is 9.77. The van der Waals surface area contributed by atoms with Crippen molar-refractivity contribution in [2.24, 2.45) is 0 Å². The fourth-order valence-electron chi connectivity index (χ4n) is 0.789. The number of hydrogen-bond donors (Lipinski definition) is 1. The molecule has 0 spiro atoms. The van der Waals surface area contributed by atoms with E-state index in [4.69, 9.17) is 4.55 Å². The predicted octanol–water partition coefficient (Wildman–Crippen LogP) is 0.0827. The van der Waals surface area contributed by atoms with Gasteiger partial charge >= 0.3 is 57.4 Å². The standard InChI is InChI=1S/C7H12O5S.K.H/c1-3-4-6(7(8)12-2)5-13(9,10)11;;/h5H,3-4H2,1-2H3,(H,9,10,11);;. The Balaban J connectivity index is 0. The minimum absolute atomic E-state index is 0. The van der Waals surface area contributed by atoms with E-state index in [1.165, 1.54) is 0 Å². The molecule has 0 fully saturated rings. The van der Waals surface area contributed by atoms with Crippen LogP contribution < -0.4 is 0 Å². The molecule has 0 saturated carbocycles. The molecule has 0 bridgehead atoms. The van der Waals surface area contributed by atoms with E-state index in [0.29, 0.717) is 11.8 Å². The monoisotopic (exact) mass is 248 g/mol. The second-order valence-electron chi connectivity index (χ2n) is 2.40. The predicted molar refractivity (Wildman–Crippen MR) is 53.7 cm³/mol. The second-order valence-corrected chi connectivity index (χ2v) is 3.67. The molecule has 0 aromatic rings. The van der Waals surface area contributed by atoms with Crippen molar-refractivity contribution in [2.45, 2.75) is 19.8 Å². The molecule has 0 amide bonds. The van der Waals surface area contributed by atoms with Gasteiger partial charge in [0.05, 0.1) is 18.1 Å². The van der Waals surface area contributed by atoms with E-state index in [1.807, 2.05) is 0 Å². The van der Waals surface area contributed by atoms with Gasteiger partial charge in [0.25, 0.3) is 10.1 Å². The van der Waals surface area contributed by atoms with Gasteiger partial charge < -0.3 is 4.74 Å². The molecule has 0 aliphatic rings. The van der Waals surface area contributed by atoms with Gasteiger partial charge in [0.1, 0.15) is 0 Å². The van der Waals surface area contributed by atoms with Crippen molar-refractivity contribution in [3.8, 4) is 0 Å². The summed E-state index contributed by atoms with van der Waals surface area (Å²) in [5, 5.41) is 0.516. The summed E-state index contributed by atoms with van der Waals surface area (Å²) in [5.74, 6) is -0.737. The van der Waals surface area contributed by atoms with Crippen LogP contribution in [0, 0.1) is 0 Å². The number of esters is 1. The van der Waals surface area contributed by atoms with E-state index in [1.54, 1.807) is 6.92 Å². The maximum atomic E-state index is 10.9. The van der Waals surface area contributed by atoms with Gasteiger partial charge in [-0.05, 0) is 6.42 Å². The normalized spacial score (nSPS) is 11.8. The van der Waals surface area contributed by atoms with E-state index in [0.717, 1.165) is 7.11 Å². The number of ether oxygens (including phenoxy) is 1. The van der Waals surface area contributed by atoms with E-state index in [9.17, 15) is 13.2 Å². The van der Waals surface area contributed by atoms with Crippen LogP contribution in [0.15, 0.2) is 11.0 Å². The van der Waals surface area contributed by atoms with Crippen LogP contribution in [0.4, 0.5) is 0 Å². The van der Waals surface area contributed by atoms with Crippen LogP contribution in [-0.4, -0.2) is 77.4 Å². The molecule has 0 atom stereocenters. The number of hydrogen-bond acceptors (Lipinski definition) is 4. The Morgan fingerprint density at radius 2 is 2.00 bits per heavy atom. The quantitative estimate of drug-likeness (QED) is 0.330. The van der Waals surface area contributed by atoms with Crippen LogP contribution in [0.2, 0.25) is 0 Å². The van der Waals surface area contributed by atoms with Crippen molar-refractivity contribution in [1.29, 1.82) is 0 Å². The first-order chi connectivity index (χ1) is 5.90. The summed E-state index contributed by atoms with van der Waals surface area (Å²) in [4.78, 5) is 10.9. The van der Waals surface area contributed by atoms with Crippen molar-refractivity contribution in [2.75, 3.05) is 7.11 Å². The first kappa shape index (κ1) is 17.2. The van der Waals surface area contributed by atoms with Crippen LogP contribution >= 0.6 is 0 Å². The average Bonchev–Trinajstić information content (AvgIpc) is 2.00. The molecule has 1 N–H and O–H groups in total. The molecule has 0 aliphatic heterocycles. The number of carbonyl (C=O) groups excluding carboxylic acids is 1. The minimum atomic E-state index is -4.26. The third kappa shape index (κ3) is 8.10. The van der Waals surface area contributed by atoms with Crippen molar-refractivity contribution in [3.63, 3.8) is 0 Å². The fraction of sp³-hybridized carbons (Fsp3) is 0.571. The third-order valence-corrected chi connectivity index (χ3v) is 1.84. The molecule has 0 heterocycles. The Labute approximate surface area is 126 Å². The van der Waals surface area contributed by atoms with E-state index in [2.05, 4.69) is 4.74 Å². The summed E-state index contributed by atoms with van der Waals surface area (Å²) >= 11 is 0. The molecule has 0 saturated heterocycles. The van der Waals surface area contributed by atoms with Crippen LogP contribution in [0.25, 0.3) is 0 Å². The third-order valence-electron chi connectivity index (χ3n) is 1.26. The van der Waals surface area contributed by atoms with Crippen LogP contribution in [-0.2, 0) is 19.6 Å². The molecule has 0 rings (SSSR count). The molecule has 0 aromatic heterocycles. The number of methoxy groups -OCH3 is 1. The van der Waals surface area contributed by atoms with Gasteiger partial charge in [-0.1, -0.05) is 13.3 Å². The molecule has 14 heavy (non-hydrogen) atoms. The van der Waals surface area contributed by atoms with Gasteiger partial charge in [0, 0.05) is 0 Å². The second kappa shape index (κ2) is 7.97. The molecular formula is C7H13KO5S. The summed E-state index contributed by atoms with van der Waals surface area (Å²) in [7, 11) is -3.11. The van der Waals surface area contributed by atoms with E-state index >= 15 is 0 Å². The Morgan fingerprint density at radius 1 is 1.50 bits per heavy atom. The summed E-state index contributed by atoms with van der Waals surface area (Å²) in [6.07, 6.45) is 0.850. The van der Waals surface area contributed by atoms with Crippen molar-refractivity contribution in [1.82, 2.24) is 0 Å². The van der Waals surface area contributed by atoms with Crippen molar-refractivity contribution in [3.05, 3.63) is 11.0 Å². The summed E-state index contributed by atoms with van der Waals surface area (Å²) in [5.41, 5.74) is -0.0486. The SMILES string of the molecule is CCCC(=CS(=O)(=O)O)C(=O)OC.[KH]. The first-order valence-electron chi connectivity index (χ1n) is 3.67. The Bertz CT molecular complexity index is 306. The molecule has 0 aromatic carbocycles. The van der Waals surface area contributed by atoms with Gasteiger partial charge in [-0.25, -0.2) is 4.79 Å². The van der Waals surface area contributed by atoms with Crippen LogP contribution in [0.3, 0.4) is 0 Å². The van der Waals surface area contributed by atoms with Gasteiger partial charge in [0.15, 0.2) is 0 Å². The summed E-state index contributed by atoms with van der Waals surface area (Å²) in [6.45, 7) is 1.78. The topological polar surface area (TPSA) is 80.7 Å². The summed E-state index contributed by atoms with van der Waals surface area (Å²) in [6, 6.07) is 0. The zero-order chi connectivity index (χ0) is 10.5. The van der Waals surface area contributed by atoms with E-state index < -0.39 is 16.1 Å². The number of carbonyl (C=O) groups is 1. The zero-order valence-electron chi connectivity index (χ0n) is 7.48. The Morgan fingerprint density at radius 3 is 2.29 bits per heavy atom. The fourth-order valence-corrected chi connectivity index (χ4v) is 1.36. The molecule has 5 nitrogen and oxygen atoms in total. The van der Waals surface area contributed by atoms with Gasteiger partial charge in [-0.3, -0.25) is 4.55 Å². The molecule has 78 valence electrons. The zero-order valence-corrected chi connectivity index (χ0v) is 8.30. The van der Waals surface area contributed by atoms with Crippen LogP contribution in [0.1, 0.15) is 19.8 Å². The molecule has 0 unspecified atom stereocenters. The Hall–Kier alpha value is 0.756. The van der Waals surface area contributed by atoms with Gasteiger partial charge in [-0.15, -0.1) is 0 Å². The maximum absolute atomic E-state index is 10.9. The number of rotatable bonds is 4. The van der Waals surface area contributed by atoms with Gasteiger partial charge in [0.2, 0.25) is 0 Å². The molecule has 0 radical (unpaired) electrons. The molecule has 0 aliphatic carbocycles. The first-order valence-corrected chi connectivity index (χ1v) is 5.17. The van der Waals surface area contributed by atoms with Gasteiger partial charge in [-0.2, -0.15) is 8.42 Å². The molecule has 7 heteroatoms.